The van der Waals surface area contributed by atoms with Gasteiger partial charge in [0.1, 0.15) is 0 Å². The third kappa shape index (κ3) is 6.66. The second kappa shape index (κ2) is 6.60. The summed E-state index contributed by atoms with van der Waals surface area (Å²) in [5.41, 5.74) is 0.0555. The summed E-state index contributed by atoms with van der Waals surface area (Å²) in [7, 11) is 0. The Morgan fingerprint density at radius 2 is 2.14 bits per heavy atom. The zero-order valence-electron chi connectivity index (χ0n) is 9.34. The summed E-state index contributed by atoms with van der Waals surface area (Å²) in [6.45, 7) is 6.84. The van der Waals surface area contributed by atoms with Crippen LogP contribution < -0.4 is 5.32 Å². The zero-order chi connectivity index (χ0) is 11.0. The third-order valence-electron chi connectivity index (χ3n) is 2.07. The molecule has 0 bridgehead atoms. The molecule has 0 spiro atoms. The van der Waals surface area contributed by atoms with Crippen molar-refractivity contribution in [3.05, 3.63) is 12.2 Å². The first kappa shape index (κ1) is 13.2. The molecule has 14 heavy (non-hydrogen) atoms. The van der Waals surface area contributed by atoms with E-state index >= 15 is 0 Å². The molecule has 0 aromatic heterocycles. The molecule has 0 aromatic carbocycles. The summed E-state index contributed by atoms with van der Waals surface area (Å²) in [4.78, 5) is 11.1. The van der Waals surface area contributed by atoms with Crippen LogP contribution in [-0.4, -0.2) is 24.2 Å². The van der Waals surface area contributed by atoms with Gasteiger partial charge >= 0.3 is 0 Å². The first-order valence-electron chi connectivity index (χ1n) is 5.03. The number of aliphatic hydroxyl groups excluding tert-OH is 1. The fourth-order valence-electron chi connectivity index (χ4n) is 1.18. The second-order valence-corrected chi connectivity index (χ2v) is 4.21. The number of amides is 1. The van der Waals surface area contributed by atoms with E-state index < -0.39 is 0 Å². The van der Waals surface area contributed by atoms with Gasteiger partial charge in [0, 0.05) is 13.2 Å². The van der Waals surface area contributed by atoms with Crippen LogP contribution in [-0.2, 0) is 4.79 Å². The molecule has 3 heteroatoms. The first-order chi connectivity index (χ1) is 6.52. The van der Waals surface area contributed by atoms with E-state index in [0.29, 0.717) is 6.54 Å². The fourth-order valence-corrected chi connectivity index (χ4v) is 1.18. The van der Waals surface area contributed by atoms with Crippen LogP contribution in [0, 0.1) is 5.41 Å². The number of aliphatic hydroxyl groups is 1. The lowest BCUT2D eigenvalue weighted by Crippen LogP contribution is -2.33. The van der Waals surface area contributed by atoms with Crippen molar-refractivity contribution >= 4 is 5.91 Å². The Morgan fingerprint density at radius 1 is 1.50 bits per heavy atom. The molecule has 0 radical (unpaired) electrons. The van der Waals surface area contributed by atoms with Crippen LogP contribution in [0.15, 0.2) is 12.2 Å². The van der Waals surface area contributed by atoms with Crippen molar-refractivity contribution in [3.8, 4) is 0 Å². The minimum absolute atomic E-state index is 0.0513. The molecule has 0 saturated heterocycles. The van der Waals surface area contributed by atoms with Crippen LogP contribution in [0.5, 0.6) is 0 Å². The number of carbonyl (C=O) groups is 1. The standard InChI is InChI=1S/C11H21NO2/c1-4-6-10(14)12-9-11(2,3)7-5-8-13/h4,6,13H,5,7-9H2,1-3H3,(H,12,14)/b6-4+. The van der Waals surface area contributed by atoms with Gasteiger partial charge in [-0.1, -0.05) is 19.9 Å². The van der Waals surface area contributed by atoms with E-state index in [1.807, 2.05) is 6.92 Å². The number of hydrogen-bond acceptors (Lipinski definition) is 2. The van der Waals surface area contributed by atoms with Gasteiger partial charge in [0.25, 0.3) is 0 Å². The third-order valence-corrected chi connectivity index (χ3v) is 2.07. The summed E-state index contributed by atoms with van der Waals surface area (Å²) >= 11 is 0. The first-order valence-corrected chi connectivity index (χ1v) is 5.03. The Balaban J connectivity index is 3.80. The molecule has 0 unspecified atom stereocenters. The smallest absolute Gasteiger partial charge is 0.243 e. The Bertz CT molecular complexity index is 197. The van der Waals surface area contributed by atoms with E-state index in [9.17, 15) is 4.79 Å². The minimum Gasteiger partial charge on any atom is -0.396 e. The van der Waals surface area contributed by atoms with Crippen molar-refractivity contribution in [1.82, 2.24) is 5.32 Å². The number of rotatable bonds is 6. The highest BCUT2D eigenvalue weighted by Gasteiger charge is 2.17. The summed E-state index contributed by atoms with van der Waals surface area (Å²) in [6, 6.07) is 0. The van der Waals surface area contributed by atoms with Crippen molar-refractivity contribution in [2.45, 2.75) is 33.6 Å². The molecule has 0 rings (SSSR count). The average molecular weight is 199 g/mol. The van der Waals surface area contributed by atoms with Crippen LogP contribution in [0.1, 0.15) is 33.6 Å². The lowest BCUT2D eigenvalue weighted by atomic mass is 9.88. The van der Waals surface area contributed by atoms with Crippen molar-refractivity contribution in [2.24, 2.45) is 5.41 Å². The van der Waals surface area contributed by atoms with E-state index in [-0.39, 0.29) is 17.9 Å². The predicted octanol–water partition coefficient (Wildman–Crippen LogP) is 1.48. The lowest BCUT2D eigenvalue weighted by molar-refractivity contribution is -0.116. The maximum atomic E-state index is 11.1. The predicted molar refractivity (Wildman–Crippen MR) is 57.9 cm³/mol. The Labute approximate surface area is 86.2 Å². The van der Waals surface area contributed by atoms with Gasteiger partial charge in [0.15, 0.2) is 0 Å². The maximum absolute atomic E-state index is 11.1. The van der Waals surface area contributed by atoms with Gasteiger partial charge in [0.05, 0.1) is 0 Å². The fraction of sp³-hybridized carbons (Fsp3) is 0.727. The number of allylic oxidation sites excluding steroid dienone is 1. The van der Waals surface area contributed by atoms with Gasteiger partial charge in [-0.25, -0.2) is 0 Å². The van der Waals surface area contributed by atoms with Gasteiger partial charge in [-0.15, -0.1) is 0 Å². The number of carbonyl (C=O) groups excluding carboxylic acids is 1. The van der Waals surface area contributed by atoms with Crippen molar-refractivity contribution in [1.29, 1.82) is 0 Å². The maximum Gasteiger partial charge on any atom is 0.243 e. The highest BCUT2D eigenvalue weighted by atomic mass is 16.2. The van der Waals surface area contributed by atoms with E-state index in [2.05, 4.69) is 19.2 Å². The molecule has 0 atom stereocenters. The SMILES string of the molecule is C/C=C/C(=O)NCC(C)(C)CCCO. The van der Waals surface area contributed by atoms with Gasteiger partial charge in [-0.05, 0) is 31.3 Å². The second-order valence-electron chi connectivity index (χ2n) is 4.21. The van der Waals surface area contributed by atoms with Gasteiger partial charge in [-0.3, -0.25) is 4.79 Å². The van der Waals surface area contributed by atoms with Gasteiger partial charge < -0.3 is 10.4 Å². The van der Waals surface area contributed by atoms with E-state index in [1.165, 1.54) is 6.08 Å². The molecule has 82 valence electrons. The normalized spacial score (nSPS) is 12.0. The van der Waals surface area contributed by atoms with Crippen molar-refractivity contribution < 1.29 is 9.90 Å². The Kier molecular flexibility index (Phi) is 6.21. The van der Waals surface area contributed by atoms with Crippen LogP contribution >= 0.6 is 0 Å². The topological polar surface area (TPSA) is 49.3 Å². The molecule has 0 fully saturated rings. The largest absolute Gasteiger partial charge is 0.396 e. The summed E-state index contributed by atoms with van der Waals surface area (Å²) in [5, 5.41) is 11.5. The zero-order valence-corrected chi connectivity index (χ0v) is 9.34. The number of nitrogens with one attached hydrogen (secondary N) is 1. The monoisotopic (exact) mass is 199 g/mol. The molecule has 0 aliphatic heterocycles. The molecular weight excluding hydrogens is 178 g/mol. The molecule has 3 nitrogen and oxygen atoms in total. The molecular formula is C11H21NO2. The summed E-state index contributed by atoms with van der Waals surface area (Å²) < 4.78 is 0. The van der Waals surface area contributed by atoms with Crippen LogP contribution in [0.3, 0.4) is 0 Å². The lowest BCUT2D eigenvalue weighted by Gasteiger charge is -2.24. The molecule has 0 saturated carbocycles. The average Bonchev–Trinajstić information content (AvgIpc) is 2.13. The van der Waals surface area contributed by atoms with E-state index in [4.69, 9.17) is 5.11 Å². The molecule has 1 amide bonds. The minimum atomic E-state index is -0.0513. The summed E-state index contributed by atoms with van der Waals surface area (Å²) in [5.74, 6) is -0.0513. The van der Waals surface area contributed by atoms with E-state index in [1.54, 1.807) is 6.08 Å². The summed E-state index contributed by atoms with van der Waals surface area (Å²) in [6.07, 6.45) is 4.93. The Hall–Kier alpha value is -0.830. The number of hydrogen-bond donors (Lipinski definition) is 2. The van der Waals surface area contributed by atoms with Crippen molar-refractivity contribution in [3.63, 3.8) is 0 Å². The van der Waals surface area contributed by atoms with Crippen LogP contribution in [0.2, 0.25) is 0 Å². The molecule has 0 aliphatic carbocycles. The molecule has 2 N–H and O–H groups in total. The van der Waals surface area contributed by atoms with Gasteiger partial charge in [-0.2, -0.15) is 0 Å². The highest BCUT2D eigenvalue weighted by molar-refractivity contribution is 5.87. The molecule has 0 heterocycles. The van der Waals surface area contributed by atoms with Crippen molar-refractivity contribution in [2.75, 3.05) is 13.2 Å². The molecule has 0 aromatic rings. The van der Waals surface area contributed by atoms with Crippen LogP contribution in [0.25, 0.3) is 0 Å². The quantitative estimate of drug-likeness (QED) is 0.636. The Morgan fingerprint density at radius 3 is 2.64 bits per heavy atom. The van der Waals surface area contributed by atoms with Gasteiger partial charge in [0.2, 0.25) is 5.91 Å². The van der Waals surface area contributed by atoms with E-state index in [0.717, 1.165) is 12.8 Å². The van der Waals surface area contributed by atoms with Crippen LogP contribution in [0.4, 0.5) is 0 Å². The molecule has 0 aliphatic rings. The highest BCUT2D eigenvalue weighted by Crippen LogP contribution is 2.20.